The van der Waals surface area contributed by atoms with Crippen molar-refractivity contribution in [3.05, 3.63) is 237 Å². The maximum Gasteiger partial charge on any atom is 0.269 e. The summed E-state index contributed by atoms with van der Waals surface area (Å²) < 4.78 is 18.3. The molecule has 7 heteroatoms. The monoisotopic (exact) mass is 858 g/mol. The minimum Gasteiger partial charge on any atom is -0.458 e. The number of para-hydroxylation sites is 7. The van der Waals surface area contributed by atoms with Gasteiger partial charge < -0.3 is 13.9 Å². The number of pyridine rings is 1. The van der Waals surface area contributed by atoms with Crippen LogP contribution in [0.3, 0.4) is 0 Å². The summed E-state index contributed by atoms with van der Waals surface area (Å²) in [7, 11) is 0. The van der Waals surface area contributed by atoms with Crippen molar-refractivity contribution >= 4 is 76.5 Å². The number of fused-ring (bicyclic) bond motifs is 10. The van der Waals surface area contributed by atoms with Crippen LogP contribution in [0.1, 0.15) is 0 Å². The second-order valence-electron chi connectivity index (χ2n) is 17.0. The number of ether oxygens (including phenoxy) is 1. The summed E-state index contributed by atoms with van der Waals surface area (Å²) in [4.78, 5) is 4.73. The Morgan fingerprint density at radius 1 is 0.388 bits per heavy atom. The Bertz CT molecular complexity index is 4200. The van der Waals surface area contributed by atoms with E-state index in [-0.39, 0.29) is 0 Å². The Labute approximate surface area is 384 Å². The van der Waals surface area contributed by atoms with E-state index in [4.69, 9.17) is 9.72 Å². The van der Waals surface area contributed by atoms with Crippen molar-refractivity contribution in [2.75, 3.05) is 0 Å². The van der Waals surface area contributed by atoms with E-state index in [0.29, 0.717) is 5.75 Å². The minimum atomic E-state index is 0.715. The molecule has 0 saturated carbocycles. The highest BCUT2D eigenvalue weighted by atomic mass is 16.5. The molecule has 0 radical (unpaired) electrons. The summed E-state index contributed by atoms with van der Waals surface area (Å²) in [6, 6.07) is 79.1. The van der Waals surface area contributed by atoms with Gasteiger partial charge in [0.2, 0.25) is 0 Å². The Hall–Kier alpha value is -9.20. The van der Waals surface area contributed by atoms with Crippen LogP contribution in [-0.2, 0) is 0 Å². The van der Waals surface area contributed by atoms with Crippen molar-refractivity contribution in [2.45, 2.75) is 0 Å². The van der Waals surface area contributed by atoms with Crippen molar-refractivity contribution in [1.29, 1.82) is 0 Å². The van der Waals surface area contributed by atoms with Gasteiger partial charge in [-0.15, -0.1) is 0 Å². The summed E-state index contributed by atoms with van der Waals surface area (Å²) in [5.74, 6) is 2.31. The smallest absolute Gasteiger partial charge is 0.269 e. The summed E-state index contributed by atoms with van der Waals surface area (Å²) in [5.41, 5.74) is 12.7. The standard InChI is InChI=1S/C60H38N6O/c1-2-17-40(18-3-1)64-50-25-8-7-24-47(50)49-34-35-56(65-51-26-9-4-21-44(51)45-22-5-10-27-52(45)65)60(59(49)64)63-39-62(54-29-12-13-30-55(54)63)41-19-16-20-42(37-41)67-43-32-33-48-46-23-6-11-28-53(46)66(57(48)38-43)58-31-14-15-36-61-58/h1-38H. The second-order valence-corrected chi connectivity index (χ2v) is 17.0. The predicted molar refractivity (Wildman–Crippen MR) is 271 cm³/mol. The Morgan fingerprint density at radius 3 is 1.64 bits per heavy atom. The summed E-state index contributed by atoms with van der Waals surface area (Å²) in [5, 5.41) is 7.06. The molecular formula is C60H38N6O. The van der Waals surface area contributed by atoms with Gasteiger partial charge in [-0.1, -0.05) is 133 Å². The molecule has 314 valence electrons. The number of nitrogens with zero attached hydrogens (tertiary/aromatic N) is 6. The average molecular weight is 859 g/mol. The van der Waals surface area contributed by atoms with E-state index in [1.807, 2.05) is 30.5 Å². The first-order valence-corrected chi connectivity index (χ1v) is 22.6. The van der Waals surface area contributed by atoms with E-state index in [1.165, 1.54) is 21.5 Å². The molecule has 7 nitrogen and oxygen atoms in total. The van der Waals surface area contributed by atoms with E-state index < -0.39 is 0 Å². The van der Waals surface area contributed by atoms with Crippen LogP contribution < -0.4 is 9.30 Å². The number of rotatable bonds is 7. The number of benzene rings is 9. The third kappa shape index (κ3) is 5.65. The molecule has 0 aliphatic carbocycles. The molecule has 0 unspecified atom stereocenters. The van der Waals surface area contributed by atoms with Gasteiger partial charge in [0, 0.05) is 50.3 Å². The minimum absolute atomic E-state index is 0.715. The van der Waals surface area contributed by atoms with Crippen LogP contribution in [0.2, 0.25) is 0 Å². The van der Waals surface area contributed by atoms with Gasteiger partial charge in [-0.25, -0.2) is 4.98 Å². The van der Waals surface area contributed by atoms with Crippen molar-refractivity contribution < 1.29 is 9.30 Å². The first-order valence-electron chi connectivity index (χ1n) is 22.6. The largest absolute Gasteiger partial charge is 0.458 e. The predicted octanol–water partition coefficient (Wildman–Crippen LogP) is 14.2. The molecule has 0 N–H and O–H groups in total. The Kier molecular flexibility index (Phi) is 8.15. The molecule has 0 amide bonds. The van der Waals surface area contributed by atoms with E-state index in [9.17, 15) is 0 Å². The number of hydrogen-bond donors (Lipinski definition) is 0. The van der Waals surface area contributed by atoms with Crippen LogP contribution in [0.15, 0.2) is 231 Å². The SMILES string of the molecule is [c-]1n(-c2cccc(Oc3ccc4c5ccccc5n(-c5ccccn5)c4c3)c2)c2ccccc2[n+]1-c1c(-n2c3ccccc3c3ccccc32)ccc2c3ccccc3n(-c3ccccc3)c12. The molecule has 5 aromatic heterocycles. The van der Waals surface area contributed by atoms with Gasteiger partial charge in [0.1, 0.15) is 23.0 Å². The summed E-state index contributed by atoms with van der Waals surface area (Å²) in [6.07, 6.45) is 5.77. The maximum absolute atomic E-state index is 6.77. The van der Waals surface area contributed by atoms with Crippen molar-refractivity contribution in [2.24, 2.45) is 0 Å². The third-order valence-corrected chi connectivity index (χ3v) is 13.2. The lowest BCUT2D eigenvalue weighted by molar-refractivity contribution is -0.570. The molecular weight excluding hydrogens is 821 g/mol. The number of aromatic nitrogens is 6. The van der Waals surface area contributed by atoms with Gasteiger partial charge in [-0.3, -0.25) is 13.7 Å². The fourth-order valence-electron chi connectivity index (χ4n) is 10.4. The fraction of sp³-hybridized carbons (Fsp3) is 0. The zero-order chi connectivity index (χ0) is 44.0. The number of imidazole rings is 1. The molecule has 0 aliphatic heterocycles. The van der Waals surface area contributed by atoms with Crippen LogP contribution in [0, 0.1) is 6.33 Å². The zero-order valence-corrected chi connectivity index (χ0v) is 36.0. The molecule has 14 aromatic rings. The fourth-order valence-corrected chi connectivity index (χ4v) is 10.4. The van der Waals surface area contributed by atoms with Crippen molar-refractivity contribution in [3.8, 4) is 40.1 Å². The molecule has 67 heavy (non-hydrogen) atoms. The summed E-state index contributed by atoms with van der Waals surface area (Å²) in [6.45, 7) is 0. The van der Waals surface area contributed by atoms with Crippen LogP contribution in [0.5, 0.6) is 11.5 Å². The second kappa shape index (κ2) is 14.7. The average Bonchev–Trinajstić information content (AvgIpc) is 4.13. The molecule has 0 aliphatic rings. The van der Waals surface area contributed by atoms with E-state index in [2.05, 4.69) is 229 Å². The quantitative estimate of drug-likeness (QED) is 0.118. The molecule has 9 aromatic carbocycles. The lowest BCUT2D eigenvalue weighted by Gasteiger charge is -2.18. The lowest BCUT2D eigenvalue weighted by atomic mass is 10.1. The molecule has 0 atom stereocenters. The van der Waals surface area contributed by atoms with Crippen molar-refractivity contribution in [3.63, 3.8) is 0 Å². The van der Waals surface area contributed by atoms with Gasteiger partial charge in [-0.05, 0) is 84.9 Å². The van der Waals surface area contributed by atoms with Gasteiger partial charge in [-0.2, -0.15) is 0 Å². The third-order valence-electron chi connectivity index (χ3n) is 13.2. The van der Waals surface area contributed by atoms with E-state index in [1.54, 1.807) is 0 Å². The van der Waals surface area contributed by atoms with Crippen LogP contribution in [-0.4, -0.2) is 23.3 Å². The highest BCUT2D eigenvalue weighted by Crippen LogP contribution is 2.41. The molecule has 5 heterocycles. The highest BCUT2D eigenvalue weighted by Gasteiger charge is 2.25. The van der Waals surface area contributed by atoms with Crippen LogP contribution in [0.25, 0.3) is 105 Å². The normalized spacial score (nSPS) is 11.9. The topological polar surface area (TPSA) is 45.7 Å². The Morgan fingerprint density at radius 2 is 0.940 bits per heavy atom. The van der Waals surface area contributed by atoms with Gasteiger partial charge >= 0.3 is 0 Å². The van der Waals surface area contributed by atoms with E-state index in [0.717, 1.165) is 89.2 Å². The summed E-state index contributed by atoms with van der Waals surface area (Å²) >= 11 is 0. The van der Waals surface area contributed by atoms with Crippen LogP contribution >= 0.6 is 0 Å². The molecule has 0 spiro atoms. The van der Waals surface area contributed by atoms with Gasteiger partial charge in [0.05, 0.1) is 55.5 Å². The van der Waals surface area contributed by atoms with Crippen molar-refractivity contribution in [1.82, 2.24) is 23.3 Å². The number of hydrogen-bond acceptors (Lipinski definition) is 2. The zero-order valence-electron chi connectivity index (χ0n) is 36.0. The first kappa shape index (κ1) is 37.2. The van der Waals surface area contributed by atoms with Gasteiger partial charge in [0.15, 0.2) is 0 Å². The molecule has 0 bridgehead atoms. The molecule has 0 saturated heterocycles. The highest BCUT2D eigenvalue weighted by molar-refractivity contribution is 6.14. The first-order chi connectivity index (χ1) is 33.3. The Balaban J connectivity index is 0.994. The molecule has 14 rings (SSSR count). The molecule has 0 fully saturated rings. The lowest BCUT2D eigenvalue weighted by Crippen LogP contribution is -2.32. The van der Waals surface area contributed by atoms with Crippen LogP contribution in [0.4, 0.5) is 0 Å². The van der Waals surface area contributed by atoms with E-state index >= 15 is 0 Å². The van der Waals surface area contributed by atoms with Gasteiger partial charge in [0.25, 0.3) is 6.33 Å². The maximum atomic E-state index is 6.77.